The number of thiazole rings is 1. The maximum Gasteiger partial charge on any atom is 0.338 e. The molecule has 1 aromatic carbocycles. The summed E-state index contributed by atoms with van der Waals surface area (Å²) in [5.41, 5.74) is 6.01. The summed E-state index contributed by atoms with van der Waals surface area (Å²) in [6, 6.07) is 9.18. The van der Waals surface area contributed by atoms with Crippen LogP contribution in [0, 0.1) is 25.2 Å². The van der Waals surface area contributed by atoms with Crippen LogP contribution in [0.5, 0.6) is 11.5 Å². The van der Waals surface area contributed by atoms with Gasteiger partial charge in [-0.3, -0.25) is 9.36 Å². The number of carbonyl (C=O) groups is 1. The summed E-state index contributed by atoms with van der Waals surface area (Å²) in [6.07, 6.45) is 6.10. The van der Waals surface area contributed by atoms with E-state index < -0.39 is 12.0 Å². The molecular formula is C35H36N4O5S2. The summed E-state index contributed by atoms with van der Waals surface area (Å²) in [6.45, 7) is 10.1. The fourth-order valence-electron chi connectivity index (χ4n) is 6.45. The number of nitriles is 1. The highest BCUT2D eigenvalue weighted by Gasteiger charge is 2.34. The highest BCUT2D eigenvalue weighted by Crippen LogP contribution is 2.39. The first-order chi connectivity index (χ1) is 22.2. The number of hydrogen-bond donors (Lipinski definition) is 0. The Kier molecular flexibility index (Phi) is 8.77. The number of ether oxygens (including phenoxy) is 3. The number of aryl methyl sites for hydroxylation is 2. The first-order valence-corrected chi connectivity index (χ1v) is 17.1. The molecule has 0 bridgehead atoms. The average Bonchev–Trinajstić information content (AvgIpc) is 3.65. The Morgan fingerprint density at radius 2 is 1.89 bits per heavy atom. The van der Waals surface area contributed by atoms with Crippen LogP contribution in [0.15, 0.2) is 45.3 Å². The number of carbonyl (C=O) groups excluding carboxylic acids is 1. The fraction of sp³-hybridized carbons (Fsp3) is 0.371. The van der Waals surface area contributed by atoms with E-state index in [1.807, 2.05) is 39.0 Å². The van der Waals surface area contributed by atoms with E-state index in [9.17, 15) is 14.9 Å². The summed E-state index contributed by atoms with van der Waals surface area (Å²) in [7, 11) is 1.57. The summed E-state index contributed by atoms with van der Waals surface area (Å²) < 4.78 is 21.0. The maximum absolute atomic E-state index is 14.3. The molecule has 11 heteroatoms. The number of aromatic nitrogens is 2. The average molecular weight is 657 g/mol. The van der Waals surface area contributed by atoms with Crippen LogP contribution >= 0.6 is 22.7 Å². The molecule has 6 rings (SSSR count). The topological polar surface area (TPSA) is 108 Å². The van der Waals surface area contributed by atoms with E-state index in [4.69, 9.17) is 19.2 Å². The molecule has 0 unspecified atom stereocenters. The van der Waals surface area contributed by atoms with Crippen molar-refractivity contribution in [3.05, 3.63) is 93.7 Å². The van der Waals surface area contributed by atoms with Gasteiger partial charge in [0.25, 0.3) is 5.56 Å². The van der Waals surface area contributed by atoms with Crippen molar-refractivity contribution in [3.63, 3.8) is 0 Å². The quantitative estimate of drug-likeness (QED) is 0.234. The van der Waals surface area contributed by atoms with Gasteiger partial charge in [0.05, 0.1) is 47.7 Å². The van der Waals surface area contributed by atoms with Gasteiger partial charge in [0, 0.05) is 16.3 Å². The second-order valence-electron chi connectivity index (χ2n) is 11.3. The van der Waals surface area contributed by atoms with E-state index in [0.29, 0.717) is 44.3 Å². The number of hydrogen-bond acceptors (Lipinski definition) is 9. The van der Waals surface area contributed by atoms with Crippen molar-refractivity contribution in [2.75, 3.05) is 20.3 Å². The van der Waals surface area contributed by atoms with Crippen molar-refractivity contribution in [3.8, 4) is 22.6 Å². The minimum absolute atomic E-state index is 0.190. The van der Waals surface area contributed by atoms with Gasteiger partial charge in [0.15, 0.2) is 16.3 Å². The first-order valence-electron chi connectivity index (χ1n) is 15.5. The van der Waals surface area contributed by atoms with Gasteiger partial charge in [-0.05, 0) is 101 Å². The predicted octanol–water partition coefficient (Wildman–Crippen LogP) is 5.43. The van der Waals surface area contributed by atoms with Crippen molar-refractivity contribution in [1.82, 2.24) is 9.13 Å². The molecule has 0 saturated carbocycles. The Balaban J connectivity index is 1.52. The van der Waals surface area contributed by atoms with Crippen molar-refractivity contribution < 1.29 is 19.0 Å². The smallest absolute Gasteiger partial charge is 0.338 e. The monoisotopic (exact) mass is 656 g/mol. The van der Waals surface area contributed by atoms with Gasteiger partial charge in [-0.1, -0.05) is 17.4 Å². The van der Waals surface area contributed by atoms with Crippen molar-refractivity contribution >= 4 is 34.7 Å². The van der Waals surface area contributed by atoms with Crippen LogP contribution < -0.4 is 24.4 Å². The summed E-state index contributed by atoms with van der Waals surface area (Å²) in [5, 5.41) is 11.1. The van der Waals surface area contributed by atoms with Crippen LogP contribution in [0.1, 0.15) is 78.2 Å². The molecule has 0 fully saturated rings. The summed E-state index contributed by atoms with van der Waals surface area (Å²) >= 11 is 2.99. The second kappa shape index (κ2) is 12.8. The zero-order chi connectivity index (χ0) is 32.7. The Morgan fingerprint density at radius 3 is 2.61 bits per heavy atom. The highest BCUT2D eigenvalue weighted by atomic mass is 32.1. The van der Waals surface area contributed by atoms with Gasteiger partial charge < -0.3 is 18.8 Å². The lowest BCUT2D eigenvalue weighted by molar-refractivity contribution is -0.139. The number of thiophene rings is 1. The third-order valence-electron chi connectivity index (χ3n) is 8.54. The second-order valence-corrected chi connectivity index (χ2v) is 13.4. The van der Waals surface area contributed by atoms with Crippen LogP contribution in [-0.2, 0) is 22.4 Å². The number of esters is 1. The SMILES string of the molecule is CCOC(=O)C1=C(C)N=c2s/c(=C/c3cc(C)n(-c4sc5c(c4C#N)CCCC5)c3C)c(=O)n2[C@@H]1c1ccc(OC)c(OCC)c1. The van der Waals surface area contributed by atoms with E-state index in [1.165, 1.54) is 21.8 Å². The molecule has 4 aromatic rings. The van der Waals surface area contributed by atoms with Crippen LogP contribution in [0.25, 0.3) is 11.1 Å². The molecule has 46 heavy (non-hydrogen) atoms. The lowest BCUT2D eigenvalue weighted by Crippen LogP contribution is -2.40. The van der Waals surface area contributed by atoms with Crippen LogP contribution in [0.4, 0.5) is 0 Å². The molecule has 238 valence electrons. The lowest BCUT2D eigenvalue weighted by atomic mass is 9.95. The van der Waals surface area contributed by atoms with Gasteiger partial charge >= 0.3 is 5.97 Å². The zero-order valence-electron chi connectivity index (χ0n) is 26.9. The van der Waals surface area contributed by atoms with E-state index in [-0.39, 0.29) is 12.2 Å². The molecule has 3 aromatic heterocycles. The van der Waals surface area contributed by atoms with E-state index in [1.54, 1.807) is 42.9 Å². The minimum atomic E-state index is -0.773. The number of rotatable bonds is 8. The normalized spacial score (nSPS) is 16.0. The molecule has 2 aliphatic rings. The third kappa shape index (κ3) is 5.29. The number of fused-ring (bicyclic) bond motifs is 2. The van der Waals surface area contributed by atoms with Crippen molar-refractivity contribution in [2.24, 2.45) is 4.99 Å². The molecule has 1 aliphatic heterocycles. The summed E-state index contributed by atoms with van der Waals surface area (Å²) in [4.78, 5) is 34.1. The Bertz CT molecular complexity index is 2120. The molecule has 0 N–H and O–H groups in total. The van der Waals surface area contributed by atoms with Gasteiger partial charge in [0.1, 0.15) is 11.1 Å². The molecular weight excluding hydrogens is 621 g/mol. The maximum atomic E-state index is 14.3. The fourth-order valence-corrected chi connectivity index (χ4v) is 8.94. The molecule has 0 amide bonds. The Hall–Kier alpha value is -4.40. The first kappa shape index (κ1) is 31.6. The van der Waals surface area contributed by atoms with E-state index in [0.717, 1.165) is 53.2 Å². The molecule has 1 aliphatic carbocycles. The minimum Gasteiger partial charge on any atom is -0.493 e. The largest absolute Gasteiger partial charge is 0.493 e. The number of nitrogens with zero attached hydrogens (tertiary/aromatic N) is 4. The van der Waals surface area contributed by atoms with Crippen LogP contribution in [-0.4, -0.2) is 35.4 Å². The lowest BCUT2D eigenvalue weighted by Gasteiger charge is -2.25. The Morgan fingerprint density at radius 1 is 1.11 bits per heavy atom. The Labute approximate surface area is 275 Å². The van der Waals surface area contributed by atoms with E-state index in [2.05, 4.69) is 16.7 Å². The number of methoxy groups -OCH3 is 1. The number of benzene rings is 1. The third-order valence-corrected chi connectivity index (χ3v) is 10.8. The molecule has 1 atom stereocenters. The molecule has 0 spiro atoms. The molecule has 0 saturated heterocycles. The zero-order valence-corrected chi connectivity index (χ0v) is 28.5. The predicted molar refractivity (Wildman–Crippen MR) is 179 cm³/mol. The van der Waals surface area contributed by atoms with E-state index >= 15 is 0 Å². The van der Waals surface area contributed by atoms with Crippen molar-refractivity contribution in [1.29, 1.82) is 5.26 Å². The molecule has 4 heterocycles. The van der Waals surface area contributed by atoms with Gasteiger partial charge in [0.2, 0.25) is 0 Å². The molecule has 9 nitrogen and oxygen atoms in total. The highest BCUT2D eigenvalue weighted by molar-refractivity contribution is 7.15. The number of allylic oxidation sites excluding steroid dienone is 1. The van der Waals surface area contributed by atoms with Crippen LogP contribution in [0.2, 0.25) is 0 Å². The molecule has 0 radical (unpaired) electrons. The van der Waals surface area contributed by atoms with Crippen LogP contribution in [0.3, 0.4) is 0 Å². The standard InChI is InChI=1S/C35H36N4O5S2/c1-7-43-27-16-22(13-14-26(27)42-6)31-30(34(41)44-8-2)20(4)37-35-39(31)32(40)29(46-35)17-23-15-19(3)38(21(23)5)33-25(18-36)24-11-9-10-12-28(24)45-33/h13-17,31H,7-12H2,1-6H3/b29-17+/t31-/m1/s1. The van der Waals surface area contributed by atoms with Gasteiger partial charge in [-0.25, -0.2) is 9.79 Å². The van der Waals surface area contributed by atoms with Gasteiger partial charge in [-0.2, -0.15) is 5.26 Å². The summed E-state index contributed by atoms with van der Waals surface area (Å²) in [5.74, 6) is 0.548. The van der Waals surface area contributed by atoms with Crippen molar-refractivity contribution in [2.45, 2.75) is 66.3 Å². The van der Waals surface area contributed by atoms with Gasteiger partial charge in [-0.15, -0.1) is 11.3 Å².